The molecule has 7 nitrogen and oxygen atoms in total. The molecule has 2 aromatic heterocycles. The van der Waals surface area contributed by atoms with Gasteiger partial charge in [0.15, 0.2) is 0 Å². The molecule has 4 aromatic rings. The lowest BCUT2D eigenvalue weighted by molar-refractivity contribution is -0.384. The first-order valence-corrected chi connectivity index (χ1v) is 13.3. The van der Waals surface area contributed by atoms with Crippen LogP contribution in [0.15, 0.2) is 60.7 Å². The van der Waals surface area contributed by atoms with Crippen LogP contribution in [0.3, 0.4) is 0 Å². The Morgan fingerprint density at radius 3 is 2.50 bits per heavy atom. The fraction of sp³-hybridized carbons (Fsp3) is 0.200. The van der Waals surface area contributed by atoms with Gasteiger partial charge in [-0.25, -0.2) is 0 Å². The Kier molecular flexibility index (Phi) is 6.95. The van der Waals surface area contributed by atoms with Crippen molar-refractivity contribution in [2.24, 2.45) is 0 Å². The molecule has 0 bridgehead atoms. The van der Waals surface area contributed by atoms with E-state index in [4.69, 9.17) is 0 Å². The molecule has 2 aromatic carbocycles. The van der Waals surface area contributed by atoms with E-state index in [2.05, 4.69) is 16.0 Å². The van der Waals surface area contributed by atoms with Gasteiger partial charge < -0.3 is 9.88 Å². The third-order valence-electron chi connectivity index (χ3n) is 6.89. The van der Waals surface area contributed by atoms with E-state index in [1.54, 1.807) is 29.5 Å². The number of hydrogen-bond acceptors (Lipinski definition) is 5. The average Bonchev–Trinajstić information content (AvgIpc) is 3.43. The maximum absolute atomic E-state index is 13.6. The van der Waals surface area contributed by atoms with Crippen LogP contribution in [0.4, 0.5) is 11.4 Å². The quantitative estimate of drug-likeness (QED) is 0.164. The second-order valence-corrected chi connectivity index (χ2v) is 10.4. The van der Waals surface area contributed by atoms with E-state index < -0.39 is 4.92 Å². The van der Waals surface area contributed by atoms with Crippen LogP contribution in [0.5, 0.6) is 0 Å². The van der Waals surface area contributed by atoms with E-state index in [0.717, 1.165) is 64.4 Å². The van der Waals surface area contributed by atoms with E-state index in [-0.39, 0.29) is 11.6 Å². The van der Waals surface area contributed by atoms with Crippen molar-refractivity contribution >= 4 is 40.3 Å². The summed E-state index contributed by atoms with van der Waals surface area (Å²) in [6, 6.07) is 19.7. The average molecular weight is 523 g/mol. The van der Waals surface area contributed by atoms with Crippen LogP contribution in [0.2, 0.25) is 0 Å². The number of rotatable bonds is 6. The number of fused-ring (bicyclic) bond motifs is 1. The van der Waals surface area contributed by atoms with Crippen molar-refractivity contribution < 1.29 is 9.72 Å². The number of para-hydroxylation sites is 1. The molecule has 0 fully saturated rings. The second kappa shape index (κ2) is 10.5. The lowest BCUT2D eigenvalue weighted by Gasteiger charge is -2.14. The molecular weight excluding hydrogens is 496 g/mol. The fourth-order valence-electron chi connectivity index (χ4n) is 5.00. The minimum Gasteiger partial charge on any atom is -0.322 e. The van der Waals surface area contributed by atoms with Crippen LogP contribution < -0.4 is 5.32 Å². The number of aromatic nitrogens is 1. The molecule has 0 spiro atoms. The lowest BCUT2D eigenvalue weighted by atomic mass is 9.95. The first-order chi connectivity index (χ1) is 18.4. The van der Waals surface area contributed by atoms with Crippen LogP contribution in [0.25, 0.3) is 16.7 Å². The zero-order chi connectivity index (χ0) is 26.8. The molecule has 1 aliphatic carbocycles. The molecule has 1 amide bonds. The predicted octanol–water partition coefficient (Wildman–Crippen LogP) is 7.26. The maximum Gasteiger partial charge on any atom is 0.269 e. The summed E-state index contributed by atoms with van der Waals surface area (Å²) >= 11 is 1.67. The highest BCUT2D eigenvalue weighted by atomic mass is 32.1. The Morgan fingerprint density at radius 1 is 1.11 bits per heavy atom. The number of nitro benzene ring substituents is 1. The SMILES string of the molecule is Cc1cc(/C=C(/C#N)c2ccc([N+](=O)[O-])cc2)c(C)n1-c1sc2c(c1C(=O)Nc1ccccc1)CCCC2. The van der Waals surface area contributed by atoms with Gasteiger partial charge in [0.25, 0.3) is 11.6 Å². The molecule has 0 saturated carbocycles. The summed E-state index contributed by atoms with van der Waals surface area (Å²) in [6.45, 7) is 3.99. The number of non-ortho nitro benzene ring substituents is 1. The number of hydrogen-bond donors (Lipinski definition) is 1. The zero-order valence-corrected chi connectivity index (χ0v) is 22.0. The number of amides is 1. The van der Waals surface area contributed by atoms with Crippen molar-refractivity contribution in [2.75, 3.05) is 5.32 Å². The van der Waals surface area contributed by atoms with Gasteiger partial charge in [-0.3, -0.25) is 14.9 Å². The number of nitrogens with zero attached hydrogens (tertiary/aromatic N) is 3. The van der Waals surface area contributed by atoms with Crippen molar-refractivity contribution in [2.45, 2.75) is 39.5 Å². The Labute approximate surface area is 224 Å². The summed E-state index contributed by atoms with van der Waals surface area (Å²) in [5.74, 6) is -0.112. The predicted molar refractivity (Wildman–Crippen MR) is 151 cm³/mol. The molecule has 0 aliphatic heterocycles. The van der Waals surface area contributed by atoms with Crippen LogP contribution in [-0.2, 0) is 12.8 Å². The van der Waals surface area contributed by atoms with Gasteiger partial charge in [-0.2, -0.15) is 5.26 Å². The number of nitrogens with one attached hydrogen (secondary N) is 1. The molecule has 2 heterocycles. The molecule has 1 N–H and O–H groups in total. The summed E-state index contributed by atoms with van der Waals surface area (Å²) in [4.78, 5) is 25.4. The van der Waals surface area contributed by atoms with Gasteiger partial charge in [0, 0.05) is 34.1 Å². The van der Waals surface area contributed by atoms with Crippen molar-refractivity contribution in [3.8, 4) is 11.1 Å². The Hall–Kier alpha value is -4.48. The maximum atomic E-state index is 13.6. The van der Waals surface area contributed by atoms with E-state index in [1.807, 2.05) is 50.2 Å². The summed E-state index contributed by atoms with van der Waals surface area (Å²) in [5.41, 5.74) is 6.35. The van der Waals surface area contributed by atoms with Crippen molar-refractivity contribution in [3.05, 3.63) is 109 Å². The van der Waals surface area contributed by atoms with Gasteiger partial charge in [-0.05, 0) is 92.6 Å². The minimum absolute atomic E-state index is 0.0211. The van der Waals surface area contributed by atoms with Crippen LogP contribution >= 0.6 is 11.3 Å². The Bertz CT molecular complexity index is 1610. The Morgan fingerprint density at radius 2 is 1.82 bits per heavy atom. The van der Waals surface area contributed by atoms with Crippen LogP contribution in [0, 0.1) is 35.3 Å². The summed E-state index contributed by atoms with van der Waals surface area (Å²) in [6.07, 6.45) is 5.83. The smallest absolute Gasteiger partial charge is 0.269 e. The highest BCUT2D eigenvalue weighted by Crippen LogP contribution is 2.39. The van der Waals surface area contributed by atoms with Crippen LogP contribution in [-0.4, -0.2) is 15.4 Å². The molecule has 0 unspecified atom stereocenters. The summed E-state index contributed by atoms with van der Waals surface area (Å²) in [7, 11) is 0. The number of nitriles is 1. The van der Waals surface area contributed by atoms with Crippen molar-refractivity contribution in [3.63, 3.8) is 0 Å². The topological polar surface area (TPSA) is 101 Å². The normalized spacial score (nSPS) is 13.0. The number of thiophene rings is 1. The van der Waals surface area contributed by atoms with Gasteiger partial charge in [0.2, 0.25) is 0 Å². The molecule has 0 saturated heterocycles. The monoisotopic (exact) mass is 522 g/mol. The third kappa shape index (κ3) is 4.76. The highest BCUT2D eigenvalue weighted by Gasteiger charge is 2.28. The summed E-state index contributed by atoms with van der Waals surface area (Å²) in [5, 5.41) is 24.8. The number of benzene rings is 2. The van der Waals surface area contributed by atoms with Crippen molar-refractivity contribution in [1.29, 1.82) is 5.26 Å². The van der Waals surface area contributed by atoms with Gasteiger partial charge >= 0.3 is 0 Å². The zero-order valence-electron chi connectivity index (χ0n) is 21.2. The minimum atomic E-state index is -0.459. The first kappa shape index (κ1) is 25.2. The van der Waals surface area contributed by atoms with Crippen LogP contribution in [0.1, 0.15) is 56.2 Å². The van der Waals surface area contributed by atoms with Crippen molar-refractivity contribution in [1.82, 2.24) is 4.57 Å². The molecule has 0 radical (unpaired) electrons. The number of carbonyl (C=O) groups excluding carboxylic acids is 1. The van der Waals surface area contributed by atoms with E-state index in [0.29, 0.717) is 11.1 Å². The Balaban J connectivity index is 1.58. The number of carbonyl (C=O) groups is 1. The van der Waals surface area contributed by atoms with Gasteiger partial charge in [0.05, 0.1) is 22.1 Å². The van der Waals surface area contributed by atoms with Gasteiger partial charge in [-0.1, -0.05) is 18.2 Å². The molecular formula is C30H26N4O3S. The third-order valence-corrected chi connectivity index (χ3v) is 8.17. The number of nitro groups is 1. The highest BCUT2D eigenvalue weighted by molar-refractivity contribution is 7.15. The van der Waals surface area contributed by atoms with Gasteiger partial charge in [-0.15, -0.1) is 11.3 Å². The molecule has 38 heavy (non-hydrogen) atoms. The standard InChI is InChI=1S/C30H26N4O3S/c1-19-16-22(17-23(18-31)21-12-14-25(15-13-21)34(36)37)20(2)33(19)30-28(26-10-6-7-11-27(26)38-30)29(35)32-24-8-4-3-5-9-24/h3-5,8-9,12-17H,6-7,10-11H2,1-2H3,(H,32,35)/b23-17-. The molecule has 5 rings (SSSR count). The lowest BCUT2D eigenvalue weighted by Crippen LogP contribution is -2.17. The molecule has 190 valence electrons. The molecule has 1 aliphatic rings. The van der Waals surface area contributed by atoms with E-state index >= 15 is 0 Å². The largest absolute Gasteiger partial charge is 0.322 e. The number of anilines is 1. The number of allylic oxidation sites excluding steroid dienone is 1. The summed E-state index contributed by atoms with van der Waals surface area (Å²) < 4.78 is 2.11. The van der Waals surface area contributed by atoms with Gasteiger partial charge in [0.1, 0.15) is 5.00 Å². The number of aryl methyl sites for hydroxylation is 2. The second-order valence-electron chi connectivity index (χ2n) is 9.35. The fourth-order valence-corrected chi connectivity index (χ4v) is 6.50. The first-order valence-electron chi connectivity index (χ1n) is 12.4. The van der Waals surface area contributed by atoms with E-state index in [1.165, 1.54) is 17.0 Å². The molecule has 8 heteroatoms. The molecule has 0 atom stereocenters. The van der Waals surface area contributed by atoms with E-state index in [9.17, 15) is 20.2 Å².